The molecule has 10 aromatic carbocycles. The Balaban J connectivity index is 1.24. The molecule has 0 fully saturated rings. The first kappa shape index (κ1) is 42.2. The minimum absolute atomic E-state index is 0.791. The zero-order valence-electron chi connectivity index (χ0n) is 41.1. The molecule has 6 nitrogen and oxygen atoms in total. The fraction of sp³-hybridized carbons (Fsp3) is 0. The molecule has 0 saturated heterocycles. The second-order valence-corrected chi connectivity index (χ2v) is 19.7. The maximum atomic E-state index is 6.41. The van der Waals surface area contributed by atoms with Crippen molar-refractivity contribution >= 4 is 87.2 Å². The number of benzene rings is 10. The Morgan fingerprint density at radius 1 is 0.211 bits per heavy atom. The lowest BCUT2D eigenvalue weighted by atomic mass is 9.96. The Kier molecular flexibility index (Phi) is 9.23. The molecule has 16 aromatic rings. The van der Waals surface area contributed by atoms with E-state index in [0.717, 1.165) is 144 Å². The topological polar surface area (TPSA) is 45.5 Å². The van der Waals surface area contributed by atoms with Gasteiger partial charge in [0.1, 0.15) is 11.4 Å². The van der Waals surface area contributed by atoms with Gasteiger partial charge < -0.3 is 9.13 Å². The molecule has 0 bridgehead atoms. The van der Waals surface area contributed by atoms with Crippen molar-refractivity contribution in [2.75, 3.05) is 0 Å². The van der Waals surface area contributed by atoms with Crippen LogP contribution in [0.15, 0.2) is 267 Å². The number of para-hydroxylation sites is 8. The average molecular weight is 969 g/mol. The average Bonchev–Trinajstić information content (AvgIpc) is 4.32. The number of aromatic nitrogens is 6. The molecule has 0 unspecified atom stereocenters. The predicted molar refractivity (Wildman–Crippen MR) is 316 cm³/mol. The highest BCUT2D eigenvalue weighted by Crippen LogP contribution is 2.49. The highest BCUT2D eigenvalue weighted by molar-refractivity contribution is 6.16. The monoisotopic (exact) mass is 968 g/mol. The van der Waals surface area contributed by atoms with Crippen LogP contribution in [-0.2, 0) is 0 Å². The van der Waals surface area contributed by atoms with Crippen LogP contribution < -0.4 is 0 Å². The predicted octanol–water partition coefficient (Wildman–Crippen LogP) is 17.9. The summed E-state index contributed by atoms with van der Waals surface area (Å²) >= 11 is 0. The third-order valence-electron chi connectivity index (χ3n) is 15.6. The highest BCUT2D eigenvalue weighted by atomic mass is 15.2. The Morgan fingerprint density at radius 2 is 0.447 bits per heavy atom. The van der Waals surface area contributed by atoms with Crippen LogP contribution in [0, 0.1) is 0 Å². The van der Waals surface area contributed by atoms with Crippen molar-refractivity contribution in [3.05, 3.63) is 267 Å². The van der Waals surface area contributed by atoms with E-state index < -0.39 is 0 Å². The van der Waals surface area contributed by atoms with Crippen LogP contribution in [-0.4, -0.2) is 28.2 Å². The van der Waals surface area contributed by atoms with Crippen LogP contribution >= 0.6 is 0 Å². The molecule has 0 spiro atoms. The summed E-state index contributed by atoms with van der Waals surface area (Å²) in [6.45, 7) is 0. The minimum Gasteiger partial charge on any atom is -0.305 e. The zero-order chi connectivity index (χ0) is 49.8. The molecule has 0 aliphatic carbocycles. The highest BCUT2D eigenvalue weighted by Gasteiger charge is 2.33. The second-order valence-electron chi connectivity index (χ2n) is 19.7. The third kappa shape index (κ3) is 6.16. The summed E-state index contributed by atoms with van der Waals surface area (Å²) in [5.74, 6) is 1.58. The summed E-state index contributed by atoms with van der Waals surface area (Å²) in [7, 11) is 0. The van der Waals surface area contributed by atoms with Gasteiger partial charge in [0.2, 0.25) is 0 Å². The largest absolute Gasteiger partial charge is 0.305 e. The molecule has 16 rings (SSSR count). The van der Waals surface area contributed by atoms with Gasteiger partial charge in [-0.15, -0.1) is 0 Å². The summed E-state index contributed by atoms with van der Waals surface area (Å²) in [4.78, 5) is 12.0. The number of hydrogen-bond donors (Lipinski definition) is 0. The molecule has 0 aliphatic rings. The Morgan fingerprint density at radius 3 is 0.724 bits per heavy atom. The summed E-state index contributed by atoms with van der Waals surface area (Å²) in [5.41, 5.74) is 16.2. The lowest BCUT2D eigenvalue weighted by Gasteiger charge is -2.27. The third-order valence-corrected chi connectivity index (χ3v) is 15.6. The van der Waals surface area contributed by atoms with E-state index in [-0.39, 0.29) is 0 Å². The van der Waals surface area contributed by atoms with Gasteiger partial charge in [-0.1, -0.05) is 206 Å². The van der Waals surface area contributed by atoms with Gasteiger partial charge in [-0.2, -0.15) is 0 Å². The van der Waals surface area contributed by atoms with Crippen molar-refractivity contribution < 1.29 is 0 Å². The molecule has 0 atom stereocenters. The molecule has 76 heavy (non-hydrogen) atoms. The zero-order valence-corrected chi connectivity index (χ0v) is 41.1. The maximum absolute atomic E-state index is 6.41. The van der Waals surface area contributed by atoms with Crippen LogP contribution in [0.5, 0.6) is 0 Å². The molecule has 0 saturated carbocycles. The normalized spacial score (nSPS) is 11.9. The maximum Gasteiger partial charge on any atom is 0.165 e. The number of rotatable bonds is 7. The molecule has 0 amide bonds. The molecule has 0 aliphatic heterocycles. The van der Waals surface area contributed by atoms with Crippen LogP contribution in [0.3, 0.4) is 0 Å². The standard InChI is InChI=1S/C70H44N6/c1-3-23-45(24-4-1)56-43-47(44-57(71-56)46-25-5-2-6-26-46)66-67(73-58-35-15-7-27-48(58)49-28-8-16-36-59(49)73)69(75-62-39-19-11-31-52(62)53-32-12-20-40-63(53)75)72-70(76-64-41-21-13-33-54(64)55-34-14-22-42-65(55)76)68(66)74-60-37-17-9-29-50(60)51-30-10-18-38-61(51)74/h1-44H. The van der Waals surface area contributed by atoms with Gasteiger partial charge in [0.05, 0.1) is 55.5 Å². The van der Waals surface area contributed by atoms with E-state index in [0.29, 0.717) is 0 Å². The van der Waals surface area contributed by atoms with E-state index in [1.54, 1.807) is 0 Å². The molecular weight excluding hydrogens is 925 g/mol. The Hall–Kier alpha value is -10.3. The van der Waals surface area contributed by atoms with Gasteiger partial charge in [-0.3, -0.25) is 9.13 Å². The molecule has 6 aromatic heterocycles. The van der Waals surface area contributed by atoms with Gasteiger partial charge >= 0.3 is 0 Å². The quantitative estimate of drug-likeness (QED) is 0.160. The van der Waals surface area contributed by atoms with Gasteiger partial charge in [0, 0.05) is 59.8 Å². The van der Waals surface area contributed by atoms with Crippen LogP contribution in [0.25, 0.3) is 144 Å². The fourth-order valence-corrected chi connectivity index (χ4v) is 12.4. The van der Waals surface area contributed by atoms with Crippen LogP contribution in [0.4, 0.5) is 0 Å². The summed E-state index contributed by atoms with van der Waals surface area (Å²) in [5, 5.41) is 9.25. The van der Waals surface area contributed by atoms with E-state index in [1.807, 2.05) is 0 Å². The Labute approximate surface area is 436 Å². The molecule has 6 heteroatoms. The SMILES string of the molecule is c1ccc(-c2cc(-c3c(-n4c5ccccc5c5ccccc54)c(-n4c5ccccc5c5ccccc54)nc(-n4c5ccccc5c5ccccc54)c3-n3c4ccccc4c4ccccc43)cc(-c3ccccc3)n2)cc1. The lowest BCUT2D eigenvalue weighted by Crippen LogP contribution is -2.16. The number of pyridine rings is 2. The molecule has 0 radical (unpaired) electrons. The molecular formula is C70H44N6. The first-order chi connectivity index (χ1) is 37.8. The van der Waals surface area contributed by atoms with Crippen LogP contribution in [0.1, 0.15) is 0 Å². The summed E-state index contributed by atoms with van der Waals surface area (Å²) in [6.07, 6.45) is 0. The van der Waals surface area contributed by atoms with E-state index in [2.05, 4.69) is 285 Å². The van der Waals surface area contributed by atoms with Crippen molar-refractivity contribution in [1.82, 2.24) is 28.2 Å². The second kappa shape index (κ2) is 16.6. The Bertz CT molecular complexity index is 4470. The van der Waals surface area contributed by atoms with Gasteiger partial charge in [-0.05, 0) is 66.2 Å². The summed E-state index contributed by atoms with van der Waals surface area (Å²) in [6, 6.07) is 96.5. The smallest absolute Gasteiger partial charge is 0.165 e. The number of nitrogens with zero attached hydrogens (tertiary/aromatic N) is 6. The molecule has 0 N–H and O–H groups in total. The fourth-order valence-electron chi connectivity index (χ4n) is 12.4. The number of hydrogen-bond acceptors (Lipinski definition) is 2. The van der Waals surface area contributed by atoms with Crippen molar-refractivity contribution in [3.63, 3.8) is 0 Å². The van der Waals surface area contributed by atoms with Gasteiger partial charge in [0.25, 0.3) is 0 Å². The lowest BCUT2D eigenvalue weighted by molar-refractivity contribution is 0.961. The first-order valence-corrected chi connectivity index (χ1v) is 25.9. The summed E-state index contributed by atoms with van der Waals surface area (Å²) < 4.78 is 9.86. The van der Waals surface area contributed by atoms with E-state index in [9.17, 15) is 0 Å². The van der Waals surface area contributed by atoms with Gasteiger partial charge in [0.15, 0.2) is 11.6 Å². The number of fused-ring (bicyclic) bond motifs is 12. The van der Waals surface area contributed by atoms with Crippen molar-refractivity contribution in [2.24, 2.45) is 0 Å². The molecule has 6 heterocycles. The van der Waals surface area contributed by atoms with E-state index >= 15 is 0 Å². The molecule has 354 valence electrons. The minimum atomic E-state index is 0.791. The van der Waals surface area contributed by atoms with E-state index in [4.69, 9.17) is 9.97 Å². The van der Waals surface area contributed by atoms with Crippen LogP contribution in [0.2, 0.25) is 0 Å². The van der Waals surface area contributed by atoms with Crippen molar-refractivity contribution in [2.45, 2.75) is 0 Å². The van der Waals surface area contributed by atoms with Crippen molar-refractivity contribution in [3.8, 4) is 56.7 Å². The van der Waals surface area contributed by atoms with Gasteiger partial charge in [-0.25, -0.2) is 9.97 Å². The van der Waals surface area contributed by atoms with E-state index in [1.165, 1.54) is 0 Å². The first-order valence-electron chi connectivity index (χ1n) is 25.9. The van der Waals surface area contributed by atoms with Crippen molar-refractivity contribution in [1.29, 1.82) is 0 Å².